The van der Waals surface area contributed by atoms with Gasteiger partial charge < -0.3 is 19.9 Å². The fraction of sp³-hybridized carbons (Fsp3) is 0.133. The van der Waals surface area contributed by atoms with Crippen molar-refractivity contribution < 1.29 is 19.4 Å². The van der Waals surface area contributed by atoms with Crippen molar-refractivity contribution >= 4 is 17.3 Å². The van der Waals surface area contributed by atoms with Crippen molar-refractivity contribution in [1.29, 1.82) is 0 Å². The molecule has 2 rings (SSSR count). The summed E-state index contributed by atoms with van der Waals surface area (Å²) in [4.78, 5) is 11.2. The molecule has 0 aliphatic carbocycles. The second kappa shape index (κ2) is 5.97. The van der Waals surface area contributed by atoms with Crippen molar-refractivity contribution in [2.45, 2.75) is 0 Å². The highest BCUT2D eigenvalue weighted by Crippen LogP contribution is 2.32. The third-order valence-electron chi connectivity index (χ3n) is 2.83. The van der Waals surface area contributed by atoms with Gasteiger partial charge in [0.1, 0.15) is 11.5 Å². The van der Waals surface area contributed by atoms with Crippen LogP contribution >= 0.6 is 0 Å². The lowest BCUT2D eigenvalue weighted by Gasteiger charge is -2.14. The van der Waals surface area contributed by atoms with E-state index in [0.29, 0.717) is 22.9 Å². The molecule has 104 valence electrons. The molecule has 0 heterocycles. The second-order valence-electron chi connectivity index (χ2n) is 4.04. The van der Waals surface area contributed by atoms with E-state index in [1.807, 2.05) is 0 Å². The third kappa shape index (κ3) is 2.83. The number of methoxy groups -OCH3 is 2. The Labute approximate surface area is 116 Å². The largest absolute Gasteiger partial charge is 0.497 e. The standard InChI is InChI=1S/C15H15NO4/c1-19-10-7-8-14(20-2)13(9-10)16-12-6-4-3-5-11(12)15(17)18/h3-9,16H,1-2H3,(H,17,18). The number of para-hydroxylation sites is 1. The van der Waals surface area contributed by atoms with E-state index in [1.54, 1.807) is 50.6 Å². The minimum absolute atomic E-state index is 0.192. The molecule has 0 bridgehead atoms. The van der Waals surface area contributed by atoms with Crippen LogP contribution in [0.3, 0.4) is 0 Å². The van der Waals surface area contributed by atoms with E-state index in [-0.39, 0.29) is 5.56 Å². The first-order chi connectivity index (χ1) is 9.65. The molecule has 2 aromatic rings. The molecule has 0 atom stereocenters. The van der Waals surface area contributed by atoms with Crippen molar-refractivity contribution in [2.24, 2.45) is 0 Å². The Bertz CT molecular complexity index is 625. The lowest BCUT2D eigenvalue weighted by molar-refractivity contribution is 0.0698. The Morgan fingerprint density at radius 2 is 1.80 bits per heavy atom. The second-order valence-corrected chi connectivity index (χ2v) is 4.04. The quantitative estimate of drug-likeness (QED) is 0.876. The van der Waals surface area contributed by atoms with Gasteiger partial charge in [0.2, 0.25) is 0 Å². The molecule has 2 aromatic carbocycles. The number of nitrogens with one attached hydrogen (secondary N) is 1. The van der Waals surface area contributed by atoms with E-state index in [4.69, 9.17) is 9.47 Å². The predicted molar refractivity (Wildman–Crippen MR) is 76.2 cm³/mol. The van der Waals surface area contributed by atoms with Gasteiger partial charge in [-0.3, -0.25) is 0 Å². The molecule has 0 saturated heterocycles. The average Bonchev–Trinajstić information content (AvgIpc) is 2.47. The highest BCUT2D eigenvalue weighted by Gasteiger charge is 2.11. The first-order valence-corrected chi connectivity index (χ1v) is 5.97. The molecule has 5 heteroatoms. The van der Waals surface area contributed by atoms with Crippen LogP contribution in [0.15, 0.2) is 42.5 Å². The van der Waals surface area contributed by atoms with Crippen LogP contribution < -0.4 is 14.8 Å². The van der Waals surface area contributed by atoms with Gasteiger partial charge in [-0.1, -0.05) is 12.1 Å². The Hall–Kier alpha value is -2.69. The van der Waals surface area contributed by atoms with Gasteiger partial charge in [-0.15, -0.1) is 0 Å². The van der Waals surface area contributed by atoms with Gasteiger partial charge in [-0.2, -0.15) is 0 Å². The van der Waals surface area contributed by atoms with Crippen molar-refractivity contribution in [3.8, 4) is 11.5 Å². The maximum Gasteiger partial charge on any atom is 0.337 e. The van der Waals surface area contributed by atoms with E-state index >= 15 is 0 Å². The van der Waals surface area contributed by atoms with E-state index in [1.165, 1.54) is 6.07 Å². The smallest absolute Gasteiger partial charge is 0.337 e. The van der Waals surface area contributed by atoms with Gasteiger partial charge in [0.15, 0.2) is 0 Å². The summed E-state index contributed by atoms with van der Waals surface area (Å²) in [5.41, 5.74) is 1.32. The summed E-state index contributed by atoms with van der Waals surface area (Å²) in [5, 5.41) is 12.2. The van der Waals surface area contributed by atoms with Gasteiger partial charge in [-0.05, 0) is 24.3 Å². The van der Waals surface area contributed by atoms with Crippen LogP contribution in [-0.4, -0.2) is 25.3 Å². The van der Waals surface area contributed by atoms with Crippen molar-refractivity contribution in [1.82, 2.24) is 0 Å². The molecule has 0 unspecified atom stereocenters. The molecule has 0 aliphatic rings. The van der Waals surface area contributed by atoms with Crippen LogP contribution in [0.2, 0.25) is 0 Å². The molecule has 0 fully saturated rings. The first kappa shape index (κ1) is 13.7. The zero-order valence-electron chi connectivity index (χ0n) is 11.2. The molecule has 20 heavy (non-hydrogen) atoms. The van der Waals surface area contributed by atoms with Gasteiger partial charge in [0.05, 0.1) is 31.2 Å². The van der Waals surface area contributed by atoms with Gasteiger partial charge >= 0.3 is 5.97 Å². The molecular formula is C15H15NO4. The number of aromatic carboxylic acids is 1. The van der Waals surface area contributed by atoms with E-state index < -0.39 is 5.97 Å². The monoisotopic (exact) mass is 273 g/mol. The number of anilines is 2. The fourth-order valence-corrected chi connectivity index (χ4v) is 1.84. The molecule has 0 aromatic heterocycles. The summed E-state index contributed by atoms with van der Waals surface area (Å²) in [5.74, 6) is 0.266. The SMILES string of the molecule is COc1ccc(OC)c(Nc2ccccc2C(=O)O)c1. The van der Waals surface area contributed by atoms with Crippen LogP contribution in [0.1, 0.15) is 10.4 Å². The molecule has 0 saturated carbocycles. The summed E-state index contributed by atoms with van der Waals surface area (Å²) in [6, 6.07) is 12.0. The van der Waals surface area contributed by atoms with Crippen LogP contribution in [0, 0.1) is 0 Å². The molecule has 2 N–H and O–H groups in total. The Morgan fingerprint density at radius 1 is 1.05 bits per heavy atom. The number of benzene rings is 2. The molecule has 0 radical (unpaired) electrons. The van der Waals surface area contributed by atoms with Crippen LogP contribution in [0.4, 0.5) is 11.4 Å². The Kier molecular flexibility index (Phi) is 4.10. The Morgan fingerprint density at radius 3 is 2.45 bits per heavy atom. The molecule has 0 aliphatic heterocycles. The lowest BCUT2D eigenvalue weighted by Crippen LogP contribution is -2.03. The number of carboxylic acids is 1. The Balaban J connectivity index is 2.41. The van der Waals surface area contributed by atoms with Gasteiger partial charge in [0, 0.05) is 6.07 Å². The van der Waals surface area contributed by atoms with E-state index in [9.17, 15) is 9.90 Å². The summed E-state index contributed by atoms with van der Waals surface area (Å²) < 4.78 is 10.4. The minimum atomic E-state index is -0.991. The molecule has 0 spiro atoms. The average molecular weight is 273 g/mol. The van der Waals surface area contributed by atoms with Gasteiger partial charge in [-0.25, -0.2) is 4.79 Å². The van der Waals surface area contributed by atoms with Crippen molar-refractivity contribution in [3.05, 3.63) is 48.0 Å². The number of rotatable bonds is 5. The molecule has 0 amide bonds. The molecule has 5 nitrogen and oxygen atoms in total. The first-order valence-electron chi connectivity index (χ1n) is 5.97. The van der Waals surface area contributed by atoms with Crippen LogP contribution in [-0.2, 0) is 0 Å². The number of ether oxygens (including phenoxy) is 2. The zero-order valence-corrected chi connectivity index (χ0v) is 11.2. The highest BCUT2D eigenvalue weighted by molar-refractivity contribution is 5.95. The highest BCUT2D eigenvalue weighted by atomic mass is 16.5. The summed E-state index contributed by atoms with van der Waals surface area (Å²) in [6.07, 6.45) is 0. The van der Waals surface area contributed by atoms with Crippen molar-refractivity contribution in [3.63, 3.8) is 0 Å². The minimum Gasteiger partial charge on any atom is -0.497 e. The summed E-state index contributed by atoms with van der Waals surface area (Å²) >= 11 is 0. The maximum absolute atomic E-state index is 11.2. The van der Waals surface area contributed by atoms with Crippen LogP contribution in [0.5, 0.6) is 11.5 Å². The van der Waals surface area contributed by atoms with E-state index in [2.05, 4.69) is 5.32 Å². The summed E-state index contributed by atoms with van der Waals surface area (Å²) in [7, 11) is 3.12. The van der Waals surface area contributed by atoms with E-state index in [0.717, 1.165) is 0 Å². The van der Waals surface area contributed by atoms with Gasteiger partial charge in [0.25, 0.3) is 0 Å². The lowest BCUT2D eigenvalue weighted by atomic mass is 10.1. The van der Waals surface area contributed by atoms with Crippen molar-refractivity contribution in [2.75, 3.05) is 19.5 Å². The third-order valence-corrected chi connectivity index (χ3v) is 2.83. The number of hydrogen-bond donors (Lipinski definition) is 2. The predicted octanol–water partition coefficient (Wildman–Crippen LogP) is 3.15. The fourth-order valence-electron chi connectivity index (χ4n) is 1.84. The number of carbonyl (C=O) groups is 1. The van der Waals surface area contributed by atoms with Crippen LogP contribution in [0.25, 0.3) is 0 Å². The molecular weight excluding hydrogens is 258 g/mol. The summed E-state index contributed by atoms with van der Waals surface area (Å²) in [6.45, 7) is 0. The zero-order chi connectivity index (χ0) is 14.5. The number of hydrogen-bond acceptors (Lipinski definition) is 4. The maximum atomic E-state index is 11.2. The normalized spacial score (nSPS) is 9.90. The number of carboxylic acid groups (broad SMARTS) is 1. The topological polar surface area (TPSA) is 67.8 Å².